The fourth-order valence-electron chi connectivity index (χ4n) is 2.34. The average molecular weight is 259 g/mol. The van der Waals surface area contributed by atoms with Gasteiger partial charge in [-0.1, -0.05) is 56.7 Å². The second kappa shape index (κ2) is 6.69. The van der Waals surface area contributed by atoms with Gasteiger partial charge in [-0.05, 0) is 18.3 Å². The summed E-state index contributed by atoms with van der Waals surface area (Å²) < 4.78 is 0. The summed E-state index contributed by atoms with van der Waals surface area (Å²) >= 11 is 1.79. The molecule has 0 radical (unpaired) electrons. The molecule has 1 nitrogen and oxygen atoms in total. The van der Waals surface area contributed by atoms with Crippen molar-refractivity contribution in [3.05, 3.63) is 53.0 Å². The van der Waals surface area contributed by atoms with Gasteiger partial charge in [0.2, 0.25) is 0 Å². The van der Waals surface area contributed by atoms with Gasteiger partial charge in [0.15, 0.2) is 0 Å². The van der Waals surface area contributed by atoms with E-state index in [-0.39, 0.29) is 0 Å². The van der Waals surface area contributed by atoms with Gasteiger partial charge >= 0.3 is 0 Å². The molecule has 0 amide bonds. The molecule has 0 N–H and O–H groups in total. The Kier molecular flexibility index (Phi) is 4.94. The molecule has 0 spiro atoms. The quantitative estimate of drug-likeness (QED) is 0.728. The molecule has 18 heavy (non-hydrogen) atoms. The molecule has 1 aromatic rings. The smallest absolute Gasteiger partial charge is 0.0958 e. The number of rotatable bonds is 5. The summed E-state index contributed by atoms with van der Waals surface area (Å²) in [5.74, 6) is 1.80. The van der Waals surface area contributed by atoms with Crippen LogP contribution in [0, 0.1) is 11.8 Å². The molecule has 0 saturated heterocycles. The van der Waals surface area contributed by atoms with E-state index in [1.807, 2.05) is 6.20 Å². The highest BCUT2D eigenvalue weighted by molar-refractivity contribution is 7.09. The van der Waals surface area contributed by atoms with Gasteiger partial charge in [0.1, 0.15) is 0 Å². The van der Waals surface area contributed by atoms with Gasteiger partial charge in [0.05, 0.1) is 5.01 Å². The fraction of sp³-hybridized carbons (Fsp3) is 0.438. The first kappa shape index (κ1) is 13.3. The third kappa shape index (κ3) is 3.42. The fourth-order valence-corrected chi connectivity index (χ4v) is 3.22. The lowest BCUT2D eigenvalue weighted by Gasteiger charge is -2.23. The van der Waals surface area contributed by atoms with Crippen LogP contribution in [0.5, 0.6) is 0 Å². The Hall–Kier alpha value is -1.15. The summed E-state index contributed by atoms with van der Waals surface area (Å²) in [4.78, 5) is 4.53. The van der Waals surface area contributed by atoms with Crippen molar-refractivity contribution in [2.24, 2.45) is 11.8 Å². The molecular formula is C16H21NS. The van der Waals surface area contributed by atoms with E-state index in [1.54, 1.807) is 11.3 Å². The summed E-state index contributed by atoms with van der Waals surface area (Å²) in [6, 6.07) is 0. The number of nitrogens with zero attached hydrogens (tertiary/aromatic N) is 1. The Balaban J connectivity index is 2.10. The van der Waals surface area contributed by atoms with Crippen molar-refractivity contribution in [3.8, 4) is 0 Å². The van der Waals surface area contributed by atoms with Crippen LogP contribution in [0.15, 0.2) is 48.0 Å². The van der Waals surface area contributed by atoms with E-state index in [1.165, 1.54) is 11.4 Å². The first-order chi connectivity index (χ1) is 8.81. The Labute approximate surface area is 114 Å². The number of allylic oxidation sites excluding steroid dienone is 6. The Bertz CT molecular complexity index is 412. The largest absolute Gasteiger partial charge is 0.249 e. The maximum atomic E-state index is 4.53. The molecule has 0 saturated carbocycles. The van der Waals surface area contributed by atoms with Crippen LogP contribution >= 0.6 is 11.3 Å². The number of hydrogen-bond donors (Lipinski definition) is 0. The predicted molar refractivity (Wildman–Crippen MR) is 79.8 cm³/mol. The van der Waals surface area contributed by atoms with Gasteiger partial charge in [-0.15, -0.1) is 11.3 Å². The van der Waals surface area contributed by atoms with Crippen molar-refractivity contribution in [3.63, 3.8) is 0 Å². The van der Waals surface area contributed by atoms with Gasteiger partial charge in [-0.25, -0.2) is 4.98 Å². The van der Waals surface area contributed by atoms with E-state index >= 15 is 0 Å². The van der Waals surface area contributed by atoms with E-state index in [9.17, 15) is 0 Å². The molecule has 1 heterocycles. The molecule has 1 aromatic heterocycles. The normalized spacial score (nSPS) is 18.8. The second-order valence-corrected chi connectivity index (χ2v) is 5.84. The zero-order valence-electron chi connectivity index (χ0n) is 11.1. The molecule has 2 rings (SSSR count). The highest BCUT2D eigenvalue weighted by Gasteiger charge is 2.22. The van der Waals surface area contributed by atoms with Crippen molar-refractivity contribution < 1.29 is 0 Å². The third-order valence-corrected chi connectivity index (χ3v) is 4.58. The van der Waals surface area contributed by atoms with Crippen molar-refractivity contribution >= 4 is 11.3 Å². The van der Waals surface area contributed by atoms with Crippen LogP contribution in [0.4, 0.5) is 0 Å². The second-order valence-electron chi connectivity index (χ2n) is 4.92. The van der Waals surface area contributed by atoms with E-state index in [0.717, 1.165) is 6.42 Å². The molecule has 2 unspecified atom stereocenters. The lowest BCUT2D eigenvalue weighted by molar-refractivity contribution is 0.401. The van der Waals surface area contributed by atoms with Crippen molar-refractivity contribution in [1.82, 2.24) is 4.98 Å². The monoisotopic (exact) mass is 259 g/mol. The molecule has 1 aliphatic rings. The maximum Gasteiger partial charge on any atom is 0.0958 e. The summed E-state index contributed by atoms with van der Waals surface area (Å²) in [7, 11) is 0. The minimum atomic E-state index is 0.530. The highest BCUT2D eigenvalue weighted by atomic mass is 32.1. The standard InChI is InChI=1S/C16H21NS/c1-3-13(2)15(16-17-10-11-18-16)12-14-8-6-4-5-7-9-14/h4-11,13-15H,3,12H2,1-2H3. The lowest BCUT2D eigenvalue weighted by atomic mass is 9.84. The number of thiazole rings is 1. The summed E-state index contributed by atoms with van der Waals surface area (Å²) in [6.45, 7) is 4.61. The molecule has 2 heteroatoms. The molecule has 0 fully saturated rings. The topological polar surface area (TPSA) is 12.9 Å². The van der Waals surface area contributed by atoms with Crippen LogP contribution in [-0.2, 0) is 0 Å². The van der Waals surface area contributed by atoms with Gasteiger partial charge in [0.25, 0.3) is 0 Å². The molecule has 0 bridgehead atoms. The minimum absolute atomic E-state index is 0.530. The van der Waals surface area contributed by atoms with E-state index < -0.39 is 0 Å². The van der Waals surface area contributed by atoms with E-state index in [0.29, 0.717) is 17.8 Å². The lowest BCUT2D eigenvalue weighted by Crippen LogP contribution is -2.12. The van der Waals surface area contributed by atoms with Crippen LogP contribution in [-0.4, -0.2) is 4.98 Å². The molecule has 1 aliphatic carbocycles. The third-order valence-electron chi connectivity index (χ3n) is 3.68. The van der Waals surface area contributed by atoms with Crippen LogP contribution in [0.1, 0.15) is 37.6 Å². The predicted octanol–water partition coefficient (Wildman–Crippen LogP) is 4.96. The summed E-state index contributed by atoms with van der Waals surface area (Å²) in [5, 5.41) is 3.38. The Morgan fingerprint density at radius 3 is 2.50 bits per heavy atom. The Morgan fingerprint density at radius 1 is 1.22 bits per heavy atom. The first-order valence-electron chi connectivity index (χ1n) is 6.72. The summed E-state index contributed by atoms with van der Waals surface area (Å²) in [5.41, 5.74) is 0. The van der Waals surface area contributed by atoms with Gasteiger partial charge in [-0.3, -0.25) is 0 Å². The molecule has 0 aliphatic heterocycles. The van der Waals surface area contributed by atoms with Crippen LogP contribution in [0.25, 0.3) is 0 Å². The van der Waals surface area contributed by atoms with Crippen molar-refractivity contribution in [2.75, 3.05) is 0 Å². The van der Waals surface area contributed by atoms with Crippen LogP contribution < -0.4 is 0 Å². The van der Waals surface area contributed by atoms with E-state index in [4.69, 9.17) is 0 Å². The average Bonchev–Trinajstić information content (AvgIpc) is 2.79. The minimum Gasteiger partial charge on any atom is -0.249 e. The molecule has 2 atom stereocenters. The molecule has 96 valence electrons. The van der Waals surface area contributed by atoms with Crippen molar-refractivity contribution in [2.45, 2.75) is 32.6 Å². The van der Waals surface area contributed by atoms with E-state index in [2.05, 4.69) is 60.7 Å². The zero-order chi connectivity index (χ0) is 12.8. The van der Waals surface area contributed by atoms with Crippen LogP contribution in [0.3, 0.4) is 0 Å². The van der Waals surface area contributed by atoms with Crippen molar-refractivity contribution in [1.29, 1.82) is 0 Å². The summed E-state index contributed by atoms with van der Waals surface area (Å²) in [6.07, 6.45) is 17.4. The van der Waals surface area contributed by atoms with Crippen LogP contribution in [0.2, 0.25) is 0 Å². The molecular weight excluding hydrogens is 238 g/mol. The first-order valence-corrected chi connectivity index (χ1v) is 7.60. The van der Waals surface area contributed by atoms with Gasteiger partial charge < -0.3 is 0 Å². The number of aromatic nitrogens is 1. The molecule has 0 aromatic carbocycles. The number of hydrogen-bond acceptors (Lipinski definition) is 2. The zero-order valence-corrected chi connectivity index (χ0v) is 11.9. The maximum absolute atomic E-state index is 4.53. The highest BCUT2D eigenvalue weighted by Crippen LogP contribution is 2.35. The Morgan fingerprint density at radius 2 is 1.94 bits per heavy atom. The van der Waals surface area contributed by atoms with Gasteiger partial charge in [0, 0.05) is 17.5 Å². The van der Waals surface area contributed by atoms with Gasteiger partial charge in [-0.2, -0.15) is 0 Å². The SMILES string of the molecule is CCC(C)C(CC1C=CC=CC=C1)c1nccs1.